The molecule has 0 unspecified atom stereocenters. The van der Waals surface area contributed by atoms with E-state index in [4.69, 9.17) is 15.2 Å². The average molecular weight is 587 g/mol. The Kier molecular flexibility index (Phi) is 8.69. The van der Waals surface area contributed by atoms with E-state index in [-0.39, 0.29) is 11.8 Å². The topological polar surface area (TPSA) is 114 Å². The summed E-state index contributed by atoms with van der Waals surface area (Å²) in [6.45, 7) is 6.91. The molecule has 0 radical (unpaired) electrons. The normalized spacial score (nSPS) is 18.8. The SMILES string of the molecule is COc1ccc2c(c1)c(/C=C1\Oc3ccc(NC(=O)NCCN)cc3C1=O)c(C1CCCC1)n2CCN1CCN(C)CC1. The van der Waals surface area contributed by atoms with Gasteiger partial charge in [0, 0.05) is 80.2 Å². The number of amides is 2. The van der Waals surface area contributed by atoms with E-state index in [0.29, 0.717) is 41.8 Å². The Bertz CT molecular complexity index is 1530. The van der Waals surface area contributed by atoms with E-state index in [1.165, 1.54) is 18.5 Å². The number of likely N-dealkylation sites (N-methyl/N-ethyl adjacent to an activating group) is 1. The summed E-state index contributed by atoms with van der Waals surface area (Å²) in [6, 6.07) is 11.0. The number of ether oxygens (including phenoxy) is 2. The number of nitrogens with one attached hydrogen (secondary N) is 2. The maximum Gasteiger partial charge on any atom is 0.319 e. The van der Waals surface area contributed by atoms with Crippen molar-refractivity contribution in [3.63, 3.8) is 0 Å². The Balaban J connectivity index is 1.36. The third-order valence-corrected chi connectivity index (χ3v) is 8.96. The molecule has 1 aliphatic carbocycles. The van der Waals surface area contributed by atoms with Crippen molar-refractivity contribution in [1.29, 1.82) is 0 Å². The molecule has 10 heteroatoms. The number of methoxy groups -OCH3 is 1. The van der Waals surface area contributed by atoms with Gasteiger partial charge in [0.15, 0.2) is 5.76 Å². The molecule has 3 heterocycles. The number of ketones is 1. The molecular formula is C33H42N6O4. The number of carbonyl (C=O) groups is 2. The van der Waals surface area contributed by atoms with Crippen molar-refractivity contribution in [3.8, 4) is 11.5 Å². The Morgan fingerprint density at radius 1 is 1.09 bits per heavy atom. The van der Waals surface area contributed by atoms with Gasteiger partial charge in [-0.3, -0.25) is 9.69 Å². The molecule has 6 rings (SSSR count). The van der Waals surface area contributed by atoms with Gasteiger partial charge in [-0.25, -0.2) is 4.79 Å². The number of fused-ring (bicyclic) bond motifs is 2. The highest BCUT2D eigenvalue weighted by Crippen LogP contribution is 2.43. The number of rotatable bonds is 9. The van der Waals surface area contributed by atoms with Gasteiger partial charge in [-0.2, -0.15) is 0 Å². The number of hydrogen-bond acceptors (Lipinski definition) is 7. The summed E-state index contributed by atoms with van der Waals surface area (Å²) in [5, 5.41) is 6.51. The maximum atomic E-state index is 13.7. The first-order chi connectivity index (χ1) is 20.9. The fourth-order valence-corrected chi connectivity index (χ4v) is 6.61. The Morgan fingerprint density at radius 3 is 2.63 bits per heavy atom. The van der Waals surface area contributed by atoms with Crippen LogP contribution in [0.5, 0.6) is 11.5 Å². The summed E-state index contributed by atoms with van der Waals surface area (Å²) in [7, 11) is 3.87. The Hall–Kier alpha value is -3.86. The third kappa shape index (κ3) is 6.13. The lowest BCUT2D eigenvalue weighted by Crippen LogP contribution is -2.45. The van der Waals surface area contributed by atoms with Gasteiger partial charge in [0.2, 0.25) is 5.78 Å². The molecule has 2 aliphatic heterocycles. The second-order valence-electron chi connectivity index (χ2n) is 11.8. The standard InChI is InChI=1S/C33H42N6O4/c1-37-13-15-38(16-14-37)17-18-39-28-9-8-24(42-2)20-25(28)26(31(39)22-5-3-4-6-22)21-30-32(40)27-19-23(7-10-29(27)43-30)36-33(41)35-12-11-34/h7-10,19-22H,3-6,11-18,34H2,1-2H3,(H2,35,36,41)/b30-21-. The lowest BCUT2D eigenvalue weighted by Gasteiger charge is -2.32. The Labute approximate surface area is 252 Å². The highest BCUT2D eigenvalue weighted by atomic mass is 16.5. The zero-order chi connectivity index (χ0) is 29.9. The number of allylic oxidation sites excluding steroid dienone is 1. The minimum atomic E-state index is -0.368. The minimum Gasteiger partial charge on any atom is -0.497 e. The predicted molar refractivity (Wildman–Crippen MR) is 169 cm³/mol. The fourth-order valence-electron chi connectivity index (χ4n) is 6.61. The van der Waals surface area contributed by atoms with Crippen LogP contribution in [0.4, 0.5) is 10.5 Å². The van der Waals surface area contributed by atoms with Gasteiger partial charge < -0.3 is 35.3 Å². The number of nitrogens with two attached hydrogens (primary N) is 1. The monoisotopic (exact) mass is 586 g/mol. The summed E-state index contributed by atoms with van der Waals surface area (Å²) in [4.78, 5) is 30.8. The molecule has 4 N–H and O–H groups in total. The zero-order valence-electron chi connectivity index (χ0n) is 25.2. The van der Waals surface area contributed by atoms with Gasteiger partial charge >= 0.3 is 6.03 Å². The smallest absolute Gasteiger partial charge is 0.319 e. The van der Waals surface area contributed by atoms with Gasteiger partial charge in [-0.15, -0.1) is 0 Å². The van der Waals surface area contributed by atoms with Crippen LogP contribution in [0.25, 0.3) is 17.0 Å². The van der Waals surface area contributed by atoms with Crippen LogP contribution < -0.4 is 25.8 Å². The average Bonchev–Trinajstić information content (AvgIpc) is 3.73. The minimum absolute atomic E-state index is 0.195. The maximum absolute atomic E-state index is 13.7. The molecule has 2 fully saturated rings. The van der Waals surface area contributed by atoms with Crippen molar-refractivity contribution >= 4 is 34.5 Å². The van der Waals surface area contributed by atoms with E-state index in [0.717, 1.165) is 74.3 Å². The molecule has 0 atom stereocenters. The van der Waals surface area contributed by atoms with Gasteiger partial charge in [0.1, 0.15) is 11.5 Å². The number of urea groups is 1. The van der Waals surface area contributed by atoms with E-state index in [1.54, 1.807) is 25.3 Å². The molecule has 1 aromatic heterocycles. The number of nitrogens with zero attached hydrogens (tertiary/aromatic N) is 3. The van der Waals surface area contributed by atoms with Crippen molar-refractivity contribution in [2.75, 3.05) is 65.3 Å². The first-order valence-electron chi connectivity index (χ1n) is 15.4. The molecule has 0 spiro atoms. The summed E-state index contributed by atoms with van der Waals surface area (Å²) < 4.78 is 14.3. The first-order valence-corrected chi connectivity index (χ1v) is 15.4. The van der Waals surface area contributed by atoms with Crippen LogP contribution >= 0.6 is 0 Å². The van der Waals surface area contributed by atoms with Crippen molar-refractivity contribution in [2.45, 2.75) is 38.1 Å². The third-order valence-electron chi connectivity index (χ3n) is 8.96. The van der Waals surface area contributed by atoms with Crippen LogP contribution in [0.3, 0.4) is 0 Å². The van der Waals surface area contributed by atoms with E-state index in [9.17, 15) is 9.59 Å². The quantitative estimate of drug-likeness (QED) is 0.321. The van der Waals surface area contributed by atoms with Crippen molar-refractivity contribution in [1.82, 2.24) is 19.7 Å². The van der Waals surface area contributed by atoms with E-state index in [2.05, 4.69) is 44.2 Å². The molecule has 3 aliphatic rings. The number of anilines is 1. The molecule has 2 amide bonds. The van der Waals surface area contributed by atoms with Gasteiger partial charge in [-0.05, 0) is 68.3 Å². The van der Waals surface area contributed by atoms with Gasteiger partial charge in [-0.1, -0.05) is 12.8 Å². The highest BCUT2D eigenvalue weighted by molar-refractivity contribution is 6.16. The number of Topliss-reactive ketones (excluding diaryl/α,β-unsaturated/α-hetero) is 1. The van der Waals surface area contributed by atoms with Gasteiger partial charge in [0.25, 0.3) is 0 Å². The number of hydrogen-bond donors (Lipinski definition) is 3. The number of benzene rings is 2. The molecule has 10 nitrogen and oxygen atoms in total. The van der Waals surface area contributed by atoms with Crippen molar-refractivity contribution in [3.05, 3.63) is 59.0 Å². The number of carbonyl (C=O) groups excluding carboxylic acids is 2. The lowest BCUT2D eigenvalue weighted by atomic mass is 9.97. The first kappa shape index (κ1) is 29.2. The fraction of sp³-hybridized carbons (Fsp3) is 0.455. The number of aromatic nitrogens is 1. The molecular weight excluding hydrogens is 544 g/mol. The largest absolute Gasteiger partial charge is 0.497 e. The van der Waals surface area contributed by atoms with Crippen LogP contribution in [-0.4, -0.2) is 86.2 Å². The van der Waals surface area contributed by atoms with Crippen LogP contribution in [0.1, 0.15) is 53.2 Å². The van der Waals surface area contributed by atoms with Crippen molar-refractivity contribution in [2.24, 2.45) is 5.73 Å². The summed E-state index contributed by atoms with van der Waals surface area (Å²) in [5.41, 5.74) is 9.90. The molecule has 43 heavy (non-hydrogen) atoms. The molecule has 3 aromatic rings. The van der Waals surface area contributed by atoms with E-state index in [1.807, 2.05) is 12.1 Å². The molecule has 0 bridgehead atoms. The lowest BCUT2D eigenvalue weighted by molar-refractivity contribution is 0.101. The summed E-state index contributed by atoms with van der Waals surface area (Å²) in [6.07, 6.45) is 6.62. The van der Waals surface area contributed by atoms with E-state index >= 15 is 0 Å². The molecule has 1 saturated carbocycles. The second kappa shape index (κ2) is 12.8. The van der Waals surface area contributed by atoms with Crippen LogP contribution in [0.15, 0.2) is 42.2 Å². The van der Waals surface area contributed by atoms with Crippen LogP contribution in [0.2, 0.25) is 0 Å². The predicted octanol–water partition coefficient (Wildman–Crippen LogP) is 4.25. The van der Waals surface area contributed by atoms with Gasteiger partial charge in [0.05, 0.1) is 12.7 Å². The second-order valence-corrected chi connectivity index (χ2v) is 11.8. The summed E-state index contributed by atoms with van der Waals surface area (Å²) >= 11 is 0. The van der Waals surface area contributed by atoms with Crippen molar-refractivity contribution < 1.29 is 19.1 Å². The Morgan fingerprint density at radius 2 is 1.88 bits per heavy atom. The number of piperazine rings is 1. The molecule has 1 saturated heterocycles. The highest BCUT2D eigenvalue weighted by Gasteiger charge is 2.31. The zero-order valence-corrected chi connectivity index (χ0v) is 25.2. The molecule has 2 aromatic carbocycles. The molecule has 228 valence electrons. The van der Waals surface area contributed by atoms with Crippen LogP contribution in [0, 0.1) is 0 Å². The van der Waals surface area contributed by atoms with Crippen LogP contribution in [-0.2, 0) is 6.54 Å². The van der Waals surface area contributed by atoms with E-state index < -0.39 is 0 Å². The summed E-state index contributed by atoms with van der Waals surface area (Å²) in [5.74, 6) is 1.79.